The summed E-state index contributed by atoms with van der Waals surface area (Å²) in [5.41, 5.74) is 5.79. The van der Waals surface area contributed by atoms with Crippen LogP contribution in [0.25, 0.3) is 0 Å². The SMILES string of the molecule is CC(C)C[C@H](N)C(=O)N1CCC[C@H]1[C]=O. The van der Waals surface area contributed by atoms with Gasteiger partial charge in [-0.05, 0) is 25.2 Å². The van der Waals surface area contributed by atoms with Crippen molar-refractivity contribution >= 4 is 12.2 Å². The third-order valence-electron chi connectivity index (χ3n) is 2.71. The average molecular weight is 211 g/mol. The molecule has 0 aromatic carbocycles. The van der Waals surface area contributed by atoms with E-state index in [9.17, 15) is 9.59 Å². The molecule has 2 atom stereocenters. The van der Waals surface area contributed by atoms with Crippen LogP contribution in [0.3, 0.4) is 0 Å². The Morgan fingerprint density at radius 2 is 2.27 bits per heavy atom. The van der Waals surface area contributed by atoms with Crippen LogP contribution in [0.4, 0.5) is 0 Å². The number of carbonyl (C=O) groups excluding carboxylic acids is 2. The monoisotopic (exact) mass is 211 g/mol. The van der Waals surface area contributed by atoms with E-state index < -0.39 is 6.04 Å². The van der Waals surface area contributed by atoms with Gasteiger partial charge in [0, 0.05) is 6.54 Å². The molecule has 0 spiro atoms. The average Bonchev–Trinajstić information content (AvgIpc) is 2.62. The molecule has 1 fully saturated rings. The highest BCUT2D eigenvalue weighted by molar-refractivity contribution is 5.84. The molecule has 85 valence electrons. The van der Waals surface area contributed by atoms with Crippen molar-refractivity contribution in [2.75, 3.05) is 6.54 Å². The fraction of sp³-hybridized carbons (Fsp3) is 0.818. The van der Waals surface area contributed by atoms with Crippen molar-refractivity contribution in [2.24, 2.45) is 11.7 Å². The fourth-order valence-electron chi connectivity index (χ4n) is 1.97. The van der Waals surface area contributed by atoms with E-state index in [2.05, 4.69) is 0 Å². The number of hydrogen-bond acceptors (Lipinski definition) is 3. The maximum absolute atomic E-state index is 11.9. The van der Waals surface area contributed by atoms with Crippen molar-refractivity contribution in [2.45, 2.75) is 45.2 Å². The van der Waals surface area contributed by atoms with Gasteiger partial charge in [-0.2, -0.15) is 0 Å². The first kappa shape index (κ1) is 12.2. The van der Waals surface area contributed by atoms with Crippen LogP contribution in [0.5, 0.6) is 0 Å². The Hall–Kier alpha value is -0.900. The Morgan fingerprint density at radius 1 is 1.60 bits per heavy atom. The molecule has 15 heavy (non-hydrogen) atoms. The predicted molar refractivity (Wildman–Crippen MR) is 57.9 cm³/mol. The minimum Gasteiger partial charge on any atom is -0.331 e. The second-order valence-electron chi connectivity index (χ2n) is 4.54. The number of likely N-dealkylation sites (tertiary alicyclic amines) is 1. The van der Waals surface area contributed by atoms with Gasteiger partial charge in [-0.3, -0.25) is 9.59 Å². The first-order chi connectivity index (χ1) is 7.06. The van der Waals surface area contributed by atoms with Gasteiger partial charge in [0.25, 0.3) is 0 Å². The molecule has 1 heterocycles. The van der Waals surface area contributed by atoms with Gasteiger partial charge in [-0.15, -0.1) is 0 Å². The number of hydrogen-bond donors (Lipinski definition) is 1. The lowest BCUT2D eigenvalue weighted by atomic mass is 10.0. The van der Waals surface area contributed by atoms with E-state index in [1.165, 1.54) is 0 Å². The Kier molecular flexibility index (Phi) is 4.27. The lowest BCUT2D eigenvalue weighted by Gasteiger charge is -2.24. The van der Waals surface area contributed by atoms with Crippen LogP contribution in [0.2, 0.25) is 0 Å². The zero-order chi connectivity index (χ0) is 11.4. The Bertz CT molecular complexity index is 241. The number of nitrogens with zero attached hydrogens (tertiary/aromatic N) is 1. The Balaban J connectivity index is 2.55. The standard InChI is InChI=1S/C11H19N2O2/c1-8(2)6-10(12)11(15)13-5-3-4-9(13)7-14/h8-10H,3-6,12H2,1-2H3/t9-,10-/m0/s1. The van der Waals surface area contributed by atoms with Gasteiger partial charge in [0.1, 0.15) is 0 Å². The largest absolute Gasteiger partial charge is 0.331 e. The van der Waals surface area contributed by atoms with Crippen LogP contribution >= 0.6 is 0 Å². The molecule has 4 heteroatoms. The first-order valence-corrected chi connectivity index (χ1v) is 5.50. The van der Waals surface area contributed by atoms with Crippen LogP contribution in [0.1, 0.15) is 33.1 Å². The molecular formula is C11H19N2O2. The van der Waals surface area contributed by atoms with Crippen LogP contribution < -0.4 is 5.73 Å². The predicted octanol–water partition coefficient (Wildman–Crippen LogP) is 0.460. The molecule has 4 nitrogen and oxygen atoms in total. The van der Waals surface area contributed by atoms with Gasteiger partial charge in [-0.25, -0.2) is 0 Å². The molecule has 0 aliphatic carbocycles. The van der Waals surface area contributed by atoms with Crippen molar-refractivity contribution in [1.29, 1.82) is 0 Å². The second kappa shape index (κ2) is 5.26. The van der Waals surface area contributed by atoms with Crippen molar-refractivity contribution in [1.82, 2.24) is 4.90 Å². The van der Waals surface area contributed by atoms with Crippen molar-refractivity contribution in [3.05, 3.63) is 0 Å². The summed E-state index contributed by atoms with van der Waals surface area (Å²) >= 11 is 0. The molecule has 0 aromatic rings. The number of amides is 1. The van der Waals surface area contributed by atoms with Gasteiger partial charge >= 0.3 is 0 Å². The zero-order valence-corrected chi connectivity index (χ0v) is 9.40. The van der Waals surface area contributed by atoms with Crippen LogP contribution in [0.15, 0.2) is 0 Å². The van der Waals surface area contributed by atoms with E-state index in [-0.39, 0.29) is 11.9 Å². The van der Waals surface area contributed by atoms with Gasteiger partial charge in [0.2, 0.25) is 12.2 Å². The topological polar surface area (TPSA) is 63.4 Å². The summed E-state index contributed by atoms with van der Waals surface area (Å²) in [5.74, 6) is 0.291. The van der Waals surface area contributed by atoms with Crippen LogP contribution in [0, 0.1) is 5.92 Å². The highest BCUT2D eigenvalue weighted by atomic mass is 16.2. The molecule has 0 saturated carbocycles. The fourth-order valence-corrected chi connectivity index (χ4v) is 1.97. The summed E-state index contributed by atoms with van der Waals surface area (Å²) in [6, 6.07) is -0.838. The van der Waals surface area contributed by atoms with E-state index in [0.717, 1.165) is 12.8 Å². The molecule has 1 aliphatic heterocycles. The summed E-state index contributed by atoms with van der Waals surface area (Å²) in [6.07, 6.45) is 4.17. The number of rotatable bonds is 4. The smallest absolute Gasteiger partial charge is 0.240 e. The molecule has 0 unspecified atom stereocenters. The summed E-state index contributed by atoms with van der Waals surface area (Å²) < 4.78 is 0. The number of nitrogens with two attached hydrogens (primary N) is 1. The van der Waals surface area contributed by atoms with Gasteiger partial charge < -0.3 is 10.6 Å². The molecule has 1 rings (SSSR count). The van der Waals surface area contributed by atoms with Crippen molar-refractivity contribution in [3.8, 4) is 0 Å². The van der Waals surface area contributed by atoms with E-state index in [0.29, 0.717) is 18.9 Å². The van der Waals surface area contributed by atoms with E-state index in [1.807, 2.05) is 20.1 Å². The van der Waals surface area contributed by atoms with E-state index in [1.54, 1.807) is 4.90 Å². The summed E-state index contributed by atoms with van der Waals surface area (Å²) in [5, 5.41) is 0. The quantitative estimate of drug-likeness (QED) is 0.734. The third kappa shape index (κ3) is 3.02. The lowest BCUT2D eigenvalue weighted by Crippen LogP contribution is -2.46. The Morgan fingerprint density at radius 3 is 2.80 bits per heavy atom. The van der Waals surface area contributed by atoms with E-state index in [4.69, 9.17) is 5.73 Å². The molecule has 2 N–H and O–H groups in total. The molecule has 1 amide bonds. The maximum Gasteiger partial charge on any atom is 0.240 e. The van der Waals surface area contributed by atoms with Crippen molar-refractivity contribution < 1.29 is 9.59 Å². The van der Waals surface area contributed by atoms with E-state index >= 15 is 0 Å². The summed E-state index contributed by atoms with van der Waals surface area (Å²) in [6.45, 7) is 4.70. The number of carbonyl (C=O) groups is 1. The Labute approximate surface area is 90.8 Å². The highest BCUT2D eigenvalue weighted by Crippen LogP contribution is 2.17. The highest BCUT2D eigenvalue weighted by Gasteiger charge is 2.31. The minimum atomic E-state index is -0.473. The lowest BCUT2D eigenvalue weighted by molar-refractivity contribution is -0.132. The van der Waals surface area contributed by atoms with Crippen LogP contribution in [-0.2, 0) is 9.59 Å². The van der Waals surface area contributed by atoms with Gasteiger partial charge in [0.05, 0.1) is 12.1 Å². The van der Waals surface area contributed by atoms with Gasteiger partial charge in [-0.1, -0.05) is 13.8 Å². The zero-order valence-electron chi connectivity index (χ0n) is 9.40. The molecule has 0 bridgehead atoms. The molecule has 1 radical (unpaired) electrons. The third-order valence-corrected chi connectivity index (χ3v) is 2.71. The minimum absolute atomic E-state index is 0.102. The van der Waals surface area contributed by atoms with Crippen molar-refractivity contribution in [3.63, 3.8) is 0 Å². The summed E-state index contributed by atoms with van der Waals surface area (Å²) in [7, 11) is 0. The summed E-state index contributed by atoms with van der Waals surface area (Å²) in [4.78, 5) is 24.0. The second-order valence-corrected chi connectivity index (χ2v) is 4.54. The molecule has 1 saturated heterocycles. The maximum atomic E-state index is 11.9. The van der Waals surface area contributed by atoms with Gasteiger partial charge in [0.15, 0.2) is 0 Å². The normalized spacial score (nSPS) is 23.2. The first-order valence-electron chi connectivity index (χ1n) is 5.50. The molecular weight excluding hydrogens is 192 g/mol. The molecule has 1 aliphatic rings. The van der Waals surface area contributed by atoms with Crippen LogP contribution in [-0.4, -0.2) is 35.7 Å². The molecule has 0 aromatic heterocycles.